The Hall–Kier alpha value is -3.49. The van der Waals surface area contributed by atoms with E-state index in [4.69, 9.17) is 18.9 Å². The minimum absolute atomic E-state index is 0.0329. The van der Waals surface area contributed by atoms with Gasteiger partial charge in [0.1, 0.15) is 24.3 Å². The molecule has 0 heterocycles. The molecular weight excluding hydrogens is 518 g/mol. The number of carboxylic acids is 1. The third-order valence-corrected chi connectivity index (χ3v) is 7.63. The number of ether oxygens (including phenoxy) is 4. The van der Waals surface area contributed by atoms with Crippen molar-refractivity contribution in [2.45, 2.75) is 57.3 Å². The van der Waals surface area contributed by atoms with E-state index in [-0.39, 0.29) is 30.6 Å². The summed E-state index contributed by atoms with van der Waals surface area (Å²) >= 11 is 0. The highest BCUT2D eigenvalue weighted by Gasteiger charge is 2.36. The van der Waals surface area contributed by atoms with Crippen molar-refractivity contribution in [2.75, 3.05) is 21.3 Å². The van der Waals surface area contributed by atoms with Crippen LogP contribution in [0.25, 0.3) is 11.1 Å². The summed E-state index contributed by atoms with van der Waals surface area (Å²) in [7, 11) is 4.67. The molecule has 0 saturated heterocycles. The van der Waals surface area contributed by atoms with Crippen molar-refractivity contribution in [3.8, 4) is 22.6 Å². The molecule has 0 amide bonds. The van der Waals surface area contributed by atoms with E-state index in [9.17, 15) is 9.90 Å². The van der Waals surface area contributed by atoms with Gasteiger partial charge in [-0.2, -0.15) is 0 Å². The Balaban J connectivity index is 1.69. The number of hydrogen-bond acceptors (Lipinski definition) is 5. The molecule has 0 aromatic heterocycles. The average molecular weight is 555 g/mol. The molecule has 0 radical (unpaired) electrons. The summed E-state index contributed by atoms with van der Waals surface area (Å²) in [4.78, 5) is 11.4. The zero-order chi connectivity index (χ0) is 29.0. The number of hydrogen-bond donors (Lipinski definition) is 1. The molecule has 2 atom stereocenters. The molecule has 1 aliphatic rings. The lowest BCUT2D eigenvalue weighted by atomic mass is 9.87. The van der Waals surface area contributed by atoms with Crippen molar-refractivity contribution >= 4 is 5.97 Å². The fourth-order valence-corrected chi connectivity index (χ4v) is 5.20. The van der Waals surface area contributed by atoms with Crippen LogP contribution in [0.1, 0.15) is 61.8 Å². The second-order valence-electron chi connectivity index (χ2n) is 10.7. The number of methoxy groups -OCH3 is 3. The largest absolute Gasteiger partial charge is 0.497 e. The van der Waals surface area contributed by atoms with E-state index in [1.165, 1.54) is 19.2 Å². The van der Waals surface area contributed by atoms with Gasteiger partial charge in [0.15, 0.2) is 11.6 Å². The van der Waals surface area contributed by atoms with Crippen molar-refractivity contribution in [2.24, 2.45) is 5.92 Å². The van der Waals surface area contributed by atoms with Gasteiger partial charge in [-0.3, -0.25) is 4.79 Å². The number of carbonyl (C=O) groups is 1. The number of aliphatic carboxylic acids is 1. The van der Waals surface area contributed by atoms with Crippen LogP contribution in [0, 0.1) is 17.6 Å². The summed E-state index contributed by atoms with van der Waals surface area (Å²) in [6.45, 7) is 3.79. The Morgan fingerprint density at radius 3 is 2.38 bits per heavy atom. The number of halogens is 2. The highest BCUT2D eigenvalue weighted by Crippen LogP contribution is 2.46. The van der Waals surface area contributed by atoms with Crippen molar-refractivity contribution in [3.05, 3.63) is 82.9 Å². The highest BCUT2D eigenvalue weighted by molar-refractivity contribution is 5.71. The summed E-state index contributed by atoms with van der Waals surface area (Å²) in [5.74, 6) is -1.55. The maximum absolute atomic E-state index is 15.5. The van der Waals surface area contributed by atoms with E-state index >= 15 is 8.78 Å². The Morgan fingerprint density at radius 1 is 1.00 bits per heavy atom. The molecule has 1 fully saturated rings. The number of rotatable bonds is 13. The molecule has 214 valence electrons. The topological polar surface area (TPSA) is 74.2 Å². The second kappa shape index (κ2) is 12.4. The highest BCUT2D eigenvalue weighted by atomic mass is 19.1. The molecule has 3 aromatic carbocycles. The van der Waals surface area contributed by atoms with Crippen LogP contribution < -0.4 is 9.47 Å². The molecule has 40 heavy (non-hydrogen) atoms. The van der Waals surface area contributed by atoms with Crippen LogP contribution in [0.3, 0.4) is 0 Å². The van der Waals surface area contributed by atoms with Crippen LogP contribution in [0.15, 0.2) is 54.6 Å². The fourth-order valence-electron chi connectivity index (χ4n) is 5.20. The first-order chi connectivity index (χ1) is 19.1. The summed E-state index contributed by atoms with van der Waals surface area (Å²) in [6.07, 6.45) is 1.09. The van der Waals surface area contributed by atoms with Crippen molar-refractivity contribution in [3.63, 3.8) is 0 Å². The molecule has 3 aromatic rings. The predicted molar refractivity (Wildman–Crippen MR) is 148 cm³/mol. The summed E-state index contributed by atoms with van der Waals surface area (Å²) in [5, 5.41) is 9.35. The third-order valence-electron chi connectivity index (χ3n) is 7.63. The smallest absolute Gasteiger partial charge is 0.303 e. The molecule has 0 unspecified atom stereocenters. The van der Waals surface area contributed by atoms with E-state index < -0.39 is 29.3 Å². The monoisotopic (exact) mass is 554 g/mol. The number of carboxylic acid groups (broad SMARTS) is 1. The average Bonchev–Trinajstić information content (AvgIpc) is 3.78. The summed E-state index contributed by atoms with van der Waals surface area (Å²) in [6, 6.07) is 14.8. The van der Waals surface area contributed by atoms with Crippen LogP contribution in [0.4, 0.5) is 8.78 Å². The Kier molecular flexibility index (Phi) is 9.11. The van der Waals surface area contributed by atoms with Crippen LogP contribution in [0.5, 0.6) is 11.5 Å². The standard InChI is InChI=1S/C32H36F2O6/c1-32(2,39-5)31(38-4)26-15-19(9-13-22(26)25-16-21(37-3)12-14-27(25)33)18-40-28-8-6-7-23(30(28)34)24(17-29(35)36)20-10-11-20/h6-9,12-16,20,24,31H,10-11,17-18H2,1-5H3,(H,35,36)/t24-,31+/m0/s1. The van der Waals surface area contributed by atoms with Crippen LogP contribution >= 0.6 is 0 Å². The van der Waals surface area contributed by atoms with Gasteiger partial charge in [-0.25, -0.2) is 8.78 Å². The quantitative estimate of drug-likeness (QED) is 0.239. The van der Waals surface area contributed by atoms with Gasteiger partial charge in [0.05, 0.1) is 19.1 Å². The van der Waals surface area contributed by atoms with Crippen LogP contribution in [0.2, 0.25) is 0 Å². The summed E-state index contributed by atoms with van der Waals surface area (Å²) in [5.41, 5.74) is 1.94. The Labute approximate surface area is 233 Å². The maximum atomic E-state index is 15.5. The molecule has 0 aliphatic heterocycles. The predicted octanol–water partition coefficient (Wildman–Crippen LogP) is 7.30. The minimum Gasteiger partial charge on any atom is -0.497 e. The lowest BCUT2D eigenvalue weighted by Crippen LogP contribution is -2.33. The van der Waals surface area contributed by atoms with E-state index in [1.807, 2.05) is 19.9 Å². The van der Waals surface area contributed by atoms with E-state index in [1.54, 1.807) is 50.6 Å². The SMILES string of the molecule is COc1ccc(F)c(-c2ccc(COc3cccc([C@@H](CC(=O)O)C4CC4)c3F)cc2[C@@H](OC)C(C)(C)OC)c1. The maximum Gasteiger partial charge on any atom is 0.303 e. The van der Waals surface area contributed by atoms with E-state index in [0.29, 0.717) is 33.6 Å². The molecule has 1 aliphatic carbocycles. The van der Waals surface area contributed by atoms with Gasteiger partial charge >= 0.3 is 5.97 Å². The zero-order valence-electron chi connectivity index (χ0n) is 23.5. The Morgan fingerprint density at radius 2 is 1.75 bits per heavy atom. The van der Waals surface area contributed by atoms with Crippen LogP contribution in [-0.4, -0.2) is 38.0 Å². The molecule has 6 nitrogen and oxygen atoms in total. The third kappa shape index (κ3) is 6.45. The van der Waals surface area contributed by atoms with Gasteiger partial charge in [0.2, 0.25) is 0 Å². The normalized spacial score (nSPS) is 15.0. The van der Waals surface area contributed by atoms with Crippen LogP contribution in [-0.2, 0) is 20.9 Å². The molecule has 1 saturated carbocycles. The van der Waals surface area contributed by atoms with Gasteiger partial charge in [-0.15, -0.1) is 0 Å². The van der Waals surface area contributed by atoms with Gasteiger partial charge in [0.25, 0.3) is 0 Å². The first kappa shape index (κ1) is 29.5. The Bertz CT molecular complexity index is 1350. The lowest BCUT2D eigenvalue weighted by Gasteiger charge is -2.34. The fraction of sp³-hybridized carbons (Fsp3) is 0.406. The molecule has 0 bridgehead atoms. The van der Waals surface area contributed by atoms with E-state index in [2.05, 4.69) is 0 Å². The van der Waals surface area contributed by atoms with Gasteiger partial charge in [0, 0.05) is 25.7 Å². The molecule has 1 N–H and O–H groups in total. The zero-order valence-corrected chi connectivity index (χ0v) is 23.5. The summed E-state index contributed by atoms with van der Waals surface area (Å²) < 4.78 is 53.4. The van der Waals surface area contributed by atoms with Gasteiger partial charge in [-0.1, -0.05) is 24.3 Å². The first-order valence-electron chi connectivity index (χ1n) is 13.3. The van der Waals surface area contributed by atoms with Crippen molar-refractivity contribution in [1.82, 2.24) is 0 Å². The molecule has 8 heteroatoms. The number of benzene rings is 3. The van der Waals surface area contributed by atoms with Gasteiger partial charge in [-0.05, 0) is 85.2 Å². The molecule has 4 rings (SSSR count). The van der Waals surface area contributed by atoms with Crippen molar-refractivity contribution in [1.29, 1.82) is 0 Å². The second-order valence-corrected chi connectivity index (χ2v) is 10.7. The first-order valence-corrected chi connectivity index (χ1v) is 13.3. The molecule has 0 spiro atoms. The lowest BCUT2D eigenvalue weighted by molar-refractivity contribution is -0.137. The van der Waals surface area contributed by atoms with Gasteiger partial charge < -0.3 is 24.1 Å². The van der Waals surface area contributed by atoms with E-state index in [0.717, 1.165) is 12.8 Å². The van der Waals surface area contributed by atoms with Crippen molar-refractivity contribution < 1.29 is 37.6 Å². The minimum atomic E-state index is -0.950. The molecular formula is C32H36F2O6.